The predicted molar refractivity (Wildman–Crippen MR) is 84.1 cm³/mol. The highest BCUT2D eigenvalue weighted by atomic mass is 79.9. The first-order chi connectivity index (χ1) is 9.72. The molecule has 0 heterocycles. The van der Waals surface area contributed by atoms with Crippen molar-refractivity contribution in [2.45, 2.75) is 13.8 Å². The van der Waals surface area contributed by atoms with Crippen LogP contribution in [-0.4, -0.2) is 39.5 Å². The highest BCUT2D eigenvalue weighted by Gasteiger charge is 2.11. The van der Waals surface area contributed by atoms with Gasteiger partial charge in [-0.2, -0.15) is 5.26 Å². The number of anilines is 1. The second kappa shape index (κ2) is 9.76. The van der Waals surface area contributed by atoms with Crippen molar-refractivity contribution in [3.05, 3.63) is 28.2 Å². The Morgan fingerprint density at radius 3 is 2.25 bits per heavy atom. The molecule has 0 aromatic heterocycles. The first-order valence-corrected chi connectivity index (χ1v) is 7.62. The normalized spacial score (nSPS) is 10.3. The molecular weight excluding hydrogens is 320 g/mol. The lowest BCUT2D eigenvalue weighted by molar-refractivity contribution is 0.141. The Kier molecular flexibility index (Phi) is 8.28. The highest BCUT2D eigenvalue weighted by molar-refractivity contribution is 9.10. The molecule has 0 spiro atoms. The van der Waals surface area contributed by atoms with Gasteiger partial charge in [0.2, 0.25) is 0 Å². The van der Waals surface area contributed by atoms with Crippen molar-refractivity contribution in [1.82, 2.24) is 0 Å². The van der Waals surface area contributed by atoms with Gasteiger partial charge in [-0.1, -0.05) is 15.9 Å². The Morgan fingerprint density at radius 1 is 1.15 bits per heavy atom. The lowest BCUT2D eigenvalue weighted by Gasteiger charge is -2.25. The highest BCUT2D eigenvalue weighted by Crippen LogP contribution is 2.23. The lowest BCUT2D eigenvalue weighted by Crippen LogP contribution is -2.31. The van der Waals surface area contributed by atoms with E-state index in [0.29, 0.717) is 32.0 Å². The van der Waals surface area contributed by atoms with Crippen LogP contribution < -0.4 is 4.90 Å². The smallest absolute Gasteiger partial charge is 0.101 e. The number of hydrogen-bond acceptors (Lipinski definition) is 4. The van der Waals surface area contributed by atoms with Crippen molar-refractivity contribution in [3.63, 3.8) is 0 Å². The van der Waals surface area contributed by atoms with Crippen LogP contribution in [0.2, 0.25) is 0 Å². The van der Waals surface area contributed by atoms with Crippen LogP contribution in [0.1, 0.15) is 19.4 Å². The molecule has 4 nitrogen and oxygen atoms in total. The fourth-order valence-corrected chi connectivity index (χ4v) is 2.23. The van der Waals surface area contributed by atoms with E-state index in [1.165, 1.54) is 0 Å². The Labute approximate surface area is 129 Å². The molecule has 0 aliphatic heterocycles. The fourth-order valence-electron chi connectivity index (χ4n) is 1.86. The summed E-state index contributed by atoms with van der Waals surface area (Å²) < 4.78 is 11.7. The van der Waals surface area contributed by atoms with Gasteiger partial charge >= 0.3 is 0 Å². The number of hydrogen-bond donors (Lipinski definition) is 0. The zero-order chi connectivity index (χ0) is 14.8. The van der Waals surface area contributed by atoms with Gasteiger partial charge in [0.05, 0.1) is 24.5 Å². The van der Waals surface area contributed by atoms with E-state index in [9.17, 15) is 5.26 Å². The fraction of sp³-hybridized carbons (Fsp3) is 0.533. The van der Waals surface area contributed by atoms with Gasteiger partial charge in [-0.3, -0.25) is 0 Å². The van der Waals surface area contributed by atoms with Gasteiger partial charge in [-0.25, -0.2) is 0 Å². The molecule has 0 aliphatic rings. The van der Waals surface area contributed by atoms with Crippen LogP contribution in [-0.2, 0) is 9.47 Å². The number of ether oxygens (including phenoxy) is 2. The molecule has 0 aliphatic carbocycles. The molecular formula is C15H21BrN2O2. The second-order valence-electron chi connectivity index (χ2n) is 4.15. The monoisotopic (exact) mass is 340 g/mol. The molecule has 0 amide bonds. The first-order valence-electron chi connectivity index (χ1n) is 6.83. The van der Waals surface area contributed by atoms with Gasteiger partial charge in [-0.15, -0.1) is 0 Å². The van der Waals surface area contributed by atoms with E-state index in [1.807, 2.05) is 32.0 Å². The Bertz CT molecular complexity index is 436. The van der Waals surface area contributed by atoms with Crippen LogP contribution in [0.4, 0.5) is 5.69 Å². The molecule has 0 bridgehead atoms. The SMILES string of the molecule is CCOCCN(CCOCC)c1ccc(Br)cc1C#N. The van der Waals surface area contributed by atoms with Crippen LogP contribution in [0.15, 0.2) is 22.7 Å². The maximum atomic E-state index is 9.27. The van der Waals surface area contributed by atoms with Crippen LogP contribution in [0.25, 0.3) is 0 Å². The molecule has 5 heteroatoms. The summed E-state index contributed by atoms with van der Waals surface area (Å²) in [6.45, 7) is 8.13. The molecule has 0 unspecified atom stereocenters. The Morgan fingerprint density at radius 2 is 1.75 bits per heavy atom. The van der Waals surface area contributed by atoms with Gasteiger partial charge in [0, 0.05) is 30.8 Å². The van der Waals surface area contributed by atoms with Crippen molar-refractivity contribution in [1.29, 1.82) is 5.26 Å². The summed E-state index contributed by atoms with van der Waals surface area (Å²) >= 11 is 3.39. The van der Waals surface area contributed by atoms with Gasteiger partial charge in [0.25, 0.3) is 0 Å². The second-order valence-corrected chi connectivity index (χ2v) is 5.07. The quantitative estimate of drug-likeness (QED) is 0.647. The number of nitriles is 1. The average Bonchev–Trinajstić information content (AvgIpc) is 2.46. The third kappa shape index (κ3) is 5.49. The lowest BCUT2D eigenvalue weighted by atomic mass is 10.1. The third-order valence-corrected chi connectivity index (χ3v) is 3.33. The first kappa shape index (κ1) is 17.0. The van der Waals surface area contributed by atoms with Crippen molar-refractivity contribution >= 4 is 21.6 Å². The van der Waals surface area contributed by atoms with E-state index in [1.54, 1.807) is 0 Å². The molecule has 0 saturated heterocycles. The third-order valence-electron chi connectivity index (χ3n) is 2.84. The Hall–Kier alpha value is -1.09. The van der Waals surface area contributed by atoms with Crippen LogP contribution in [0.3, 0.4) is 0 Å². The largest absolute Gasteiger partial charge is 0.380 e. The molecule has 1 rings (SSSR count). The molecule has 1 aromatic rings. The van der Waals surface area contributed by atoms with Crippen LogP contribution in [0, 0.1) is 11.3 Å². The standard InChI is InChI=1S/C15H21BrN2O2/c1-3-19-9-7-18(8-10-20-4-2)15-6-5-14(16)11-13(15)12-17/h5-6,11H,3-4,7-10H2,1-2H3. The number of rotatable bonds is 9. The molecule has 0 fully saturated rings. The molecule has 0 radical (unpaired) electrons. The summed E-state index contributed by atoms with van der Waals surface area (Å²) in [4.78, 5) is 2.14. The minimum Gasteiger partial charge on any atom is -0.380 e. The number of nitrogens with zero attached hydrogens (tertiary/aromatic N) is 2. The van der Waals surface area contributed by atoms with Crippen molar-refractivity contribution in [2.75, 3.05) is 44.4 Å². The van der Waals surface area contributed by atoms with Crippen molar-refractivity contribution in [2.24, 2.45) is 0 Å². The van der Waals surface area contributed by atoms with Crippen LogP contribution in [0.5, 0.6) is 0 Å². The summed E-state index contributed by atoms with van der Waals surface area (Å²) in [7, 11) is 0. The molecule has 1 aromatic carbocycles. The minimum absolute atomic E-state index is 0.642. The summed E-state index contributed by atoms with van der Waals surface area (Å²) in [5.41, 5.74) is 1.59. The van der Waals surface area contributed by atoms with Crippen LogP contribution >= 0.6 is 15.9 Å². The predicted octanol–water partition coefficient (Wildman–Crippen LogP) is 3.20. The van der Waals surface area contributed by atoms with E-state index < -0.39 is 0 Å². The van der Waals surface area contributed by atoms with Gasteiger partial charge in [0.15, 0.2) is 0 Å². The molecule has 0 N–H and O–H groups in total. The number of benzene rings is 1. The molecule has 0 atom stereocenters. The average molecular weight is 341 g/mol. The number of halogens is 1. The minimum atomic E-state index is 0.642. The summed E-state index contributed by atoms with van der Waals surface area (Å²) in [6.07, 6.45) is 0. The summed E-state index contributed by atoms with van der Waals surface area (Å²) in [5, 5.41) is 9.27. The zero-order valence-corrected chi connectivity index (χ0v) is 13.6. The van der Waals surface area contributed by atoms with E-state index in [4.69, 9.17) is 9.47 Å². The molecule has 110 valence electrons. The maximum Gasteiger partial charge on any atom is 0.101 e. The summed E-state index contributed by atoms with van der Waals surface area (Å²) in [5.74, 6) is 0. The van der Waals surface area contributed by atoms with Crippen molar-refractivity contribution < 1.29 is 9.47 Å². The van der Waals surface area contributed by atoms with E-state index in [-0.39, 0.29) is 0 Å². The van der Waals surface area contributed by atoms with E-state index >= 15 is 0 Å². The topological polar surface area (TPSA) is 45.5 Å². The Balaban J connectivity index is 2.82. The van der Waals surface area contributed by atoms with E-state index in [0.717, 1.165) is 23.2 Å². The maximum absolute atomic E-state index is 9.27. The molecule has 20 heavy (non-hydrogen) atoms. The van der Waals surface area contributed by atoms with Gasteiger partial charge in [-0.05, 0) is 32.0 Å². The van der Waals surface area contributed by atoms with Crippen molar-refractivity contribution in [3.8, 4) is 6.07 Å². The molecule has 0 saturated carbocycles. The van der Waals surface area contributed by atoms with Gasteiger partial charge < -0.3 is 14.4 Å². The summed E-state index contributed by atoms with van der Waals surface area (Å²) in [6, 6.07) is 7.99. The zero-order valence-electron chi connectivity index (χ0n) is 12.1. The van der Waals surface area contributed by atoms with E-state index in [2.05, 4.69) is 26.9 Å². The van der Waals surface area contributed by atoms with Gasteiger partial charge in [0.1, 0.15) is 6.07 Å².